The van der Waals surface area contributed by atoms with E-state index < -0.39 is 17.3 Å². The van der Waals surface area contributed by atoms with Gasteiger partial charge in [0.15, 0.2) is 0 Å². The molecule has 1 aliphatic heterocycles. The van der Waals surface area contributed by atoms with Gasteiger partial charge in [-0.25, -0.2) is 0 Å². The number of benzene rings is 1. The molecule has 1 saturated carbocycles. The van der Waals surface area contributed by atoms with Crippen molar-refractivity contribution in [2.24, 2.45) is 5.92 Å². The summed E-state index contributed by atoms with van der Waals surface area (Å²) in [6.45, 7) is 0.691. The van der Waals surface area contributed by atoms with Crippen molar-refractivity contribution in [1.82, 2.24) is 0 Å². The maximum absolute atomic E-state index is 12.7. The molecule has 2 aliphatic rings. The summed E-state index contributed by atoms with van der Waals surface area (Å²) < 4.78 is 43.7. The van der Waals surface area contributed by atoms with E-state index in [1.54, 1.807) is 6.07 Å². The third-order valence-corrected chi connectivity index (χ3v) is 3.89. The zero-order valence-corrected chi connectivity index (χ0v) is 9.26. The van der Waals surface area contributed by atoms with Crippen LogP contribution in [0.15, 0.2) is 24.3 Å². The van der Waals surface area contributed by atoms with Gasteiger partial charge in [0.25, 0.3) is 0 Å². The Morgan fingerprint density at radius 2 is 2.12 bits per heavy atom. The van der Waals surface area contributed by atoms with Gasteiger partial charge in [0.2, 0.25) is 0 Å². The highest BCUT2D eigenvalue weighted by Gasteiger charge is 2.47. The van der Waals surface area contributed by atoms with E-state index in [2.05, 4.69) is 0 Å². The molecule has 2 fully saturated rings. The zero-order valence-electron chi connectivity index (χ0n) is 9.26. The normalized spacial score (nSPS) is 32.1. The van der Waals surface area contributed by atoms with Gasteiger partial charge in [0, 0.05) is 0 Å². The van der Waals surface area contributed by atoms with Gasteiger partial charge in [0.1, 0.15) is 0 Å². The van der Waals surface area contributed by atoms with Gasteiger partial charge in [-0.1, -0.05) is 12.1 Å². The first kappa shape index (κ1) is 11.1. The topological polar surface area (TPSA) is 9.23 Å². The number of rotatable bonds is 1. The molecule has 4 heteroatoms. The Bertz CT molecular complexity index is 431. The molecule has 1 saturated heterocycles. The number of hydrogen-bond donors (Lipinski definition) is 0. The summed E-state index contributed by atoms with van der Waals surface area (Å²) in [6, 6.07) is 5.58. The van der Waals surface area contributed by atoms with E-state index in [1.807, 2.05) is 0 Å². The van der Waals surface area contributed by atoms with Crippen LogP contribution in [-0.4, -0.2) is 6.61 Å². The first-order valence-corrected chi connectivity index (χ1v) is 5.81. The molecule has 3 rings (SSSR count). The van der Waals surface area contributed by atoms with E-state index >= 15 is 0 Å². The highest BCUT2D eigenvalue weighted by atomic mass is 19.4. The second kappa shape index (κ2) is 3.48. The minimum Gasteiger partial charge on any atom is -0.370 e. The van der Waals surface area contributed by atoms with E-state index in [0.29, 0.717) is 18.1 Å². The molecule has 2 atom stereocenters. The average Bonchev–Trinajstić information content (AvgIpc) is 2.89. The largest absolute Gasteiger partial charge is 0.416 e. The summed E-state index contributed by atoms with van der Waals surface area (Å²) >= 11 is 0. The van der Waals surface area contributed by atoms with Crippen molar-refractivity contribution < 1.29 is 17.9 Å². The predicted molar refractivity (Wildman–Crippen MR) is 56.4 cm³/mol. The third kappa shape index (κ3) is 1.75. The maximum Gasteiger partial charge on any atom is 0.416 e. The Hall–Kier alpha value is -1.03. The van der Waals surface area contributed by atoms with Crippen LogP contribution in [0.4, 0.5) is 13.2 Å². The second-order valence-corrected chi connectivity index (χ2v) is 4.99. The van der Waals surface area contributed by atoms with Crippen LogP contribution in [0.2, 0.25) is 0 Å². The van der Waals surface area contributed by atoms with Crippen LogP contribution in [0, 0.1) is 5.92 Å². The first-order chi connectivity index (χ1) is 8.00. The molecule has 1 heterocycles. The summed E-state index contributed by atoms with van der Waals surface area (Å²) in [5, 5.41) is 0. The van der Waals surface area contributed by atoms with Gasteiger partial charge in [0.05, 0.1) is 17.8 Å². The van der Waals surface area contributed by atoms with Gasteiger partial charge in [-0.3, -0.25) is 0 Å². The van der Waals surface area contributed by atoms with Crippen LogP contribution >= 0.6 is 0 Å². The molecule has 0 amide bonds. The molecule has 1 aromatic carbocycles. The van der Waals surface area contributed by atoms with Crippen molar-refractivity contribution >= 4 is 0 Å². The average molecular weight is 242 g/mol. The molecule has 1 nitrogen and oxygen atoms in total. The third-order valence-electron chi connectivity index (χ3n) is 3.89. The molecule has 2 unspecified atom stereocenters. The molecule has 0 spiro atoms. The molecule has 0 N–H and O–H groups in total. The Labute approximate surface area is 97.6 Å². The van der Waals surface area contributed by atoms with E-state index in [4.69, 9.17) is 4.74 Å². The molecule has 17 heavy (non-hydrogen) atoms. The monoisotopic (exact) mass is 242 g/mol. The van der Waals surface area contributed by atoms with E-state index in [-0.39, 0.29) is 0 Å². The number of fused-ring (bicyclic) bond motifs is 2. The van der Waals surface area contributed by atoms with Gasteiger partial charge in [-0.15, -0.1) is 0 Å². The van der Waals surface area contributed by atoms with Crippen molar-refractivity contribution in [3.63, 3.8) is 0 Å². The van der Waals surface area contributed by atoms with Gasteiger partial charge in [-0.2, -0.15) is 13.2 Å². The SMILES string of the molecule is FC(F)(F)c1cccc(C23CCC(CO2)C3)c1. The van der Waals surface area contributed by atoms with Gasteiger partial charge < -0.3 is 4.74 Å². The lowest BCUT2D eigenvalue weighted by Crippen LogP contribution is -2.24. The Kier molecular flexibility index (Phi) is 2.27. The van der Waals surface area contributed by atoms with E-state index in [0.717, 1.165) is 25.3 Å². The van der Waals surface area contributed by atoms with Crippen LogP contribution < -0.4 is 0 Å². The van der Waals surface area contributed by atoms with Crippen molar-refractivity contribution in [2.75, 3.05) is 6.61 Å². The minimum atomic E-state index is -4.27. The summed E-state index contributed by atoms with van der Waals surface area (Å²) in [7, 11) is 0. The lowest BCUT2D eigenvalue weighted by Gasteiger charge is -2.27. The molecule has 92 valence electrons. The molecular formula is C13H13F3O. The molecule has 1 aromatic rings. The Morgan fingerprint density at radius 1 is 1.29 bits per heavy atom. The fraction of sp³-hybridized carbons (Fsp3) is 0.538. The zero-order chi connectivity index (χ0) is 12.1. The fourth-order valence-electron chi connectivity index (χ4n) is 2.98. The van der Waals surface area contributed by atoms with E-state index in [1.165, 1.54) is 12.1 Å². The molecule has 2 bridgehead atoms. The summed E-state index contributed by atoms with van der Waals surface area (Å²) in [6.07, 6.45) is -1.49. The van der Waals surface area contributed by atoms with Crippen LogP contribution in [-0.2, 0) is 16.5 Å². The number of hydrogen-bond acceptors (Lipinski definition) is 1. The molecule has 0 radical (unpaired) electrons. The van der Waals surface area contributed by atoms with Crippen LogP contribution in [0.5, 0.6) is 0 Å². The van der Waals surface area contributed by atoms with E-state index in [9.17, 15) is 13.2 Å². The van der Waals surface area contributed by atoms with Crippen molar-refractivity contribution in [3.05, 3.63) is 35.4 Å². The highest BCUT2D eigenvalue weighted by Crippen LogP contribution is 2.51. The molecule has 0 aromatic heterocycles. The molecular weight excluding hydrogens is 229 g/mol. The van der Waals surface area contributed by atoms with Crippen LogP contribution in [0.1, 0.15) is 30.4 Å². The number of alkyl halides is 3. The quantitative estimate of drug-likeness (QED) is 0.729. The summed E-state index contributed by atoms with van der Waals surface area (Å²) in [5.74, 6) is 0.532. The first-order valence-electron chi connectivity index (χ1n) is 5.81. The summed E-state index contributed by atoms with van der Waals surface area (Å²) in [4.78, 5) is 0. The van der Waals surface area contributed by atoms with Crippen molar-refractivity contribution in [2.45, 2.75) is 31.0 Å². The number of halogens is 3. The van der Waals surface area contributed by atoms with Crippen LogP contribution in [0.25, 0.3) is 0 Å². The van der Waals surface area contributed by atoms with Crippen molar-refractivity contribution in [3.8, 4) is 0 Å². The summed E-state index contributed by atoms with van der Waals surface area (Å²) in [5.41, 5.74) is -0.331. The second-order valence-electron chi connectivity index (χ2n) is 4.99. The Balaban J connectivity index is 1.99. The Morgan fingerprint density at radius 3 is 2.65 bits per heavy atom. The predicted octanol–water partition coefficient (Wildman–Crippen LogP) is 3.73. The lowest BCUT2D eigenvalue weighted by molar-refractivity contribution is -0.137. The lowest BCUT2D eigenvalue weighted by atomic mass is 9.91. The van der Waals surface area contributed by atoms with Gasteiger partial charge in [-0.05, 0) is 42.9 Å². The maximum atomic E-state index is 12.7. The number of ether oxygens (including phenoxy) is 1. The highest BCUT2D eigenvalue weighted by molar-refractivity contribution is 5.32. The molecule has 1 aliphatic carbocycles. The standard InChI is InChI=1S/C13H13F3O/c14-13(15,16)11-3-1-2-10(6-11)12-5-4-9(7-12)8-17-12/h1-3,6,9H,4-5,7-8H2. The fourth-order valence-corrected chi connectivity index (χ4v) is 2.98. The van der Waals surface area contributed by atoms with Crippen molar-refractivity contribution in [1.29, 1.82) is 0 Å². The smallest absolute Gasteiger partial charge is 0.370 e. The van der Waals surface area contributed by atoms with Gasteiger partial charge >= 0.3 is 6.18 Å². The minimum absolute atomic E-state index is 0.439. The van der Waals surface area contributed by atoms with Crippen LogP contribution in [0.3, 0.4) is 0 Å².